The van der Waals surface area contributed by atoms with Crippen LogP contribution in [0.5, 0.6) is 0 Å². The van der Waals surface area contributed by atoms with Crippen molar-refractivity contribution in [2.75, 3.05) is 10.6 Å². The number of hydrogen-bond donors (Lipinski definition) is 3. The summed E-state index contributed by atoms with van der Waals surface area (Å²) in [5.74, 6) is 0.486. The van der Waals surface area contributed by atoms with E-state index in [1.165, 1.54) is 0 Å². The summed E-state index contributed by atoms with van der Waals surface area (Å²) in [6.07, 6.45) is 3.73. The van der Waals surface area contributed by atoms with E-state index in [2.05, 4.69) is 26.7 Å². The third-order valence-corrected chi connectivity index (χ3v) is 4.38. The Hall–Kier alpha value is -4.11. The van der Waals surface area contributed by atoms with Crippen LogP contribution in [0.3, 0.4) is 0 Å². The molecule has 0 saturated heterocycles. The maximum absolute atomic E-state index is 12.4. The number of rotatable bonds is 5. The maximum atomic E-state index is 12.4. The fourth-order valence-corrected chi connectivity index (χ4v) is 3.03. The van der Waals surface area contributed by atoms with Crippen LogP contribution in [0.4, 0.5) is 17.2 Å². The second kappa shape index (κ2) is 7.64. The van der Waals surface area contributed by atoms with Gasteiger partial charge in [0.15, 0.2) is 0 Å². The fourth-order valence-electron chi connectivity index (χ4n) is 3.03. The summed E-state index contributed by atoms with van der Waals surface area (Å²) in [5.41, 5.74) is 3.81. The molecular weight excluding hydrogens is 350 g/mol. The normalized spacial score (nSPS) is 10.4. The van der Waals surface area contributed by atoms with Crippen molar-refractivity contribution in [3.05, 3.63) is 84.2 Å². The minimum absolute atomic E-state index is 0.109. The number of pyridine rings is 1. The Bertz CT molecular complexity index is 1170. The average molecular weight is 367 g/mol. The predicted molar refractivity (Wildman–Crippen MR) is 109 cm³/mol. The molecule has 0 aliphatic carbocycles. The molecule has 28 heavy (non-hydrogen) atoms. The first-order valence-corrected chi connectivity index (χ1v) is 8.80. The molecule has 6 nitrogen and oxygen atoms in total. The van der Waals surface area contributed by atoms with E-state index in [1.807, 2.05) is 48.7 Å². The van der Waals surface area contributed by atoms with Gasteiger partial charge in [-0.2, -0.15) is 5.26 Å². The van der Waals surface area contributed by atoms with Gasteiger partial charge in [-0.25, -0.2) is 4.98 Å². The smallest absolute Gasteiger partial charge is 0.228 e. The Kier molecular flexibility index (Phi) is 4.72. The number of hydrogen-bond acceptors (Lipinski definition) is 4. The molecule has 0 unspecified atom stereocenters. The molecule has 4 aromatic rings. The van der Waals surface area contributed by atoms with Crippen LogP contribution in [-0.4, -0.2) is 15.9 Å². The van der Waals surface area contributed by atoms with Crippen molar-refractivity contribution in [3.8, 4) is 6.07 Å². The highest BCUT2D eigenvalue weighted by Crippen LogP contribution is 2.21. The molecule has 0 aliphatic rings. The number of anilines is 3. The average Bonchev–Trinajstić information content (AvgIpc) is 3.13. The number of aromatic amines is 1. The molecule has 0 atom stereocenters. The molecule has 3 N–H and O–H groups in total. The lowest BCUT2D eigenvalue weighted by atomic mass is 10.1. The Balaban J connectivity index is 1.41. The Morgan fingerprint density at radius 3 is 2.71 bits per heavy atom. The minimum atomic E-state index is -0.109. The van der Waals surface area contributed by atoms with Crippen LogP contribution >= 0.6 is 0 Å². The summed E-state index contributed by atoms with van der Waals surface area (Å²) in [5, 5.41) is 16.2. The molecule has 1 amide bonds. The topological polar surface area (TPSA) is 93.6 Å². The summed E-state index contributed by atoms with van der Waals surface area (Å²) in [6, 6.07) is 20.8. The van der Waals surface area contributed by atoms with Gasteiger partial charge < -0.3 is 15.6 Å². The van der Waals surface area contributed by atoms with Gasteiger partial charge in [0.25, 0.3) is 0 Å². The van der Waals surface area contributed by atoms with Gasteiger partial charge in [-0.05, 0) is 35.9 Å². The third kappa shape index (κ3) is 3.69. The lowest BCUT2D eigenvalue weighted by Gasteiger charge is -2.09. The second-order valence-electron chi connectivity index (χ2n) is 6.30. The molecule has 0 fully saturated rings. The molecule has 0 saturated carbocycles. The van der Waals surface area contributed by atoms with Crippen molar-refractivity contribution in [1.82, 2.24) is 9.97 Å². The highest BCUT2D eigenvalue weighted by Gasteiger charge is 2.09. The maximum Gasteiger partial charge on any atom is 0.228 e. The van der Waals surface area contributed by atoms with E-state index in [0.29, 0.717) is 22.8 Å². The molecular formula is C22H17N5O. The molecule has 0 aliphatic heterocycles. The standard InChI is InChI=1S/C22H17N5O/c23-12-15-5-1-3-7-19(15)27-21-10-9-17(14-25-21)26-22(28)11-16-13-24-20-8-4-2-6-18(16)20/h1-10,13-14,24H,11H2,(H,25,27)(H,26,28). The zero-order valence-electron chi connectivity index (χ0n) is 14.9. The van der Waals surface area contributed by atoms with Gasteiger partial charge in [0.1, 0.15) is 11.9 Å². The highest BCUT2D eigenvalue weighted by molar-refractivity contribution is 5.95. The van der Waals surface area contributed by atoms with Gasteiger partial charge in [-0.15, -0.1) is 0 Å². The fraction of sp³-hybridized carbons (Fsp3) is 0.0455. The molecule has 4 rings (SSSR count). The lowest BCUT2D eigenvalue weighted by molar-refractivity contribution is -0.115. The van der Waals surface area contributed by atoms with Crippen LogP contribution in [0.1, 0.15) is 11.1 Å². The van der Waals surface area contributed by atoms with Crippen molar-refractivity contribution in [3.63, 3.8) is 0 Å². The van der Waals surface area contributed by atoms with Crippen molar-refractivity contribution < 1.29 is 4.79 Å². The van der Waals surface area contributed by atoms with E-state index in [9.17, 15) is 4.79 Å². The Morgan fingerprint density at radius 2 is 1.89 bits per heavy atom. The van der Waals surface area contributed by atoms with Crippen LogP contribution in [0.2, 0.25) is 0 Å². The van der Waals surface area contributed by atoms with Crippen LogP contribution in [0.25, 0.3) is 10.9 Å². The molecule has 2 aromatic heterocycles. The van der Waals surface area contributed by atoms with Gasteiger partial charge in [-0.1, -0.05) is 30.3 Å². The van der Waals surface area contributed by atoms with Gasteiger partial charge >= 0.3 is 0 Å². The lowest BCUT2D eigenvalue weighted by Crippen LogP contribution is -2.14. The molecule has 136 valence electrons. The zero-order valence-corrected chi connectivity index (χ0v) is 14.9. The van der Waals surface area contributed by atoms with Gasteiger partial charge in [0, 0.05) is 17.1 Å². The predicted octanol–water partition coefficient (Wildman–Crippen LogP) is 4.36. The van der Waals surface area contributed by atoms with Crippen LogP contribution < -0.4 is 10.6 Å². The Labute approximate surface area is 161 Å². The number of fused-ring (bicyclic) bond motifs is 1. The van der Waals surface area contributed by atoms with E-state index < -0.39 is 0 Å². The number of carbonyl (C=O) groups is 1. The van der Waals surface area contributed by atoms with E-state index in [1.54, 1.807) is 24.4 Å². The van der Waals surface area contributed by atoms with Crippen molar-refractivity contribution >= 4 is 34.0 Å². The van der Waals surface area contributed by atoms with Gasteiger partial charge in [0.2, 0.25) is 5.91 Å². The highest BCUT2D eigenvalue weighted by atomic mass is 16.1. The van der Waals surface area contributed by atoms with E-state index in [-0.39, 0.29) is 12.3 Å². The number of benzene rings is 2. The third-order valence-electron chi connectivity index (χ3n) is 4.38. The van der Waals surface area contributed by atoms with E-state index in [4.69, 9.17) is 5.26 Å². The first-order valence-electron chi connectivity index (χ1n) is 8.80. The van der Waals surface area contributed by atoms with E-state index >= 15 is 0 Å². The quantitative estimate of drug-likeness (QED) is 0.488. The minimum Gasteiger partial charge on any atom is -0.361 e. The Morgan fingerprint density at radius 1 is 1.07 bits per heavy atom. The first kappa shape index (κ1) is 17.3. The number of carbonyl (C=O) groups excluding carboxylic acids is 1. The van der Waals surface area contributed by atoms with Crippen LogP contribution in [0, 0.1) is 11.3 Å². The molecule has 2 heterocycles. The number of para-hydroxylation sites is 2. The van der Waals surface area contributed by atoms with Gasteiger partial charge in [-0.3, -0.25) is 4.79 Å². The summed E-state index contributed by atoms with van der Waals surface area (Å²) >= 11 is 0. The van der Waals surface area contributed by atoms with Crippen LogP contribution in [-0.2, 0) is 11.2 Å². The number of amides is 1. The first-order chi connectivity index (χ1) is 13.7. The van der Waals surface area contributed by atoms with E-state index in [0.717, 1.165) is 16.5 Å². The van der Waals surface area contributed by atoms with Crippen molar-refractivity contribution in [2.24, 2.45) is 0 Å². The number of H-pyrrole nitrogens is 1. The largest absolute Gasteiger partial charge is 0.361 e. The SMILES string of the molecule is N#Cc1ccccc1Nc1ccc(NC(=O)Cc2c[nH]c3ccccc23)cn1. The second-order valence-corrected chi connectivity index (χ2v) is 6.30. The number of nitrogens with zero attached hydrogens (tertiary/aromatic N) is 2. The molecule has 2 aromatic carbocycles. The van der Waals surface area contributed by atoms with Crippen LogP contribution in [0.15, 0.2) is 73.1 Å². The van der Waals surface area contributed by atoms with Crippen molar-refractivity contribution in [2.45, 2.75) is 6.42 Å². The molecule has 0 bridgehead atoms. The summed E-state index contributed by atoms with van der Waals surface area (Å²) in [4.78, 5) is 19.9. The molecule has 0 radical (unpaired) electrons. The monoisotopic (exact) mass is 367 g/mol. The summed E-state index contributed by atoms with van der Waals surface area (Å²) in [7, 11) is 0. The summed E-state index contributed by atoms with van der Waals surface area (Å²) in [6.45, 7) is 0. The number of aromatic nitrogens is 2. The summed E-state index contributed by atoms with van der Waals surface area (Å²) < 4.78 is 0. The molecule has 6 heteroatoms. The zero-order chi connectivity index (χ0) is 19.3. The number of nitriles is 1. The van der Waals surface area contributed by atoms with Gasteiger partial charge in [0.05, 0.1) is 29.6 Å². The number of nitrogens with one attached hydrogen (secondary N) is 3. The van der Waals surface area contributed by atoms with Crippen molar-refractivity contribution in [1.29, 1.82) is 5.26 Å². The molecule has 0 spiro atoms.